The Hall–Kier alpha value is -1.89. The third-order valence-corrected chi connectivity index (χ3v) is 5.18. The lowest BCUT2D eigenvalue weighted by atomic mass is 9.88. The van der Waals surface area contributed by atoms with Crippen molar-refractivity contribution in [3.63, 3.8) is 0 Å². The number of carbonyl (C=O) groups excluding carboxylic acids is 1. The molecule has 2 aliphatic rings. The highest BCUT2D eigenvalue weighted by Gasteiger charge is 2.23. The van der Waals surface area contributed by atoms with Crippen molar-refractivity contribution < 1.29 is 9.53 Å². The van der Waals surface area contributed by atoms with Gasteiger partial charge in [-0.1, -0.05) is 19.8 Å². The van der Waals surface area contributed by atoms with Crippen LogP contribution >= 0.6 is 0 Å². The highest BCUT2D eigenvalue weighted by molar-refractivity contribution is 5.74. The Balaban J connectivity index is 1.33. The summed E-state index contributed by atoms with van der Waals surface area (Å²) < 4.78 is 5.95. The Kier molecular flexibility index (Phi) is 6.44. The number of ether oxygens (including phenoxy) is 1. The summed E-state index contributed by atoms with van der Waals surface area (Å²) in [4.78, 5) is 24.7. The van der Waals surface area contributed by atoms with Crippen molar-refractivity contribution in [2.24, 2.45) is 5.92 Å². The number of rotatable bonds is 5. The highest BCUT2D eigenvalue weighted by Crippen LogP contribution is 2.25. The summed E-state index contributed by atoms with van der Waals surface area (Å²) in [6.45, 7) is 6.39. The van der Waals surface area contributed by atoms with E-state index in [0.29, 0.717) is 38.3 Å². The number of aromatic nitrogens is 2. The van der Waals surface area contributed by atoms with E-state index < -0.39 is 0 Å². The summed E-state index contributed by atoms with van der Waals surface area (Å²) in [6.07, 6.45) is 10.5. The van der Waals surface area contributed by atoms with Crippen LogP contribution in [0.1, 0.15) is 32.6 Å². The molecule has 0 aromatic carbocycles. The first-order valence-corrected chi connectivity index (χ1v) is 9.39. The van der Waals surface area contributed by atoms with E-state index in [4.69, 9.17) is 4.74 Å². The van der Waals surface area contributed by atoms with Gasteiger partial charge >= 0.3 is 6.03 Å². The molecule has 7 heteroatoms. The number of nitrogens with zero attached hydrogens (tertiary/aromatic N) is 4. The summed E-state index contributed by atoms with van der Waals surface area (Å²) >= 11 is 0. The molecule has 1 aromatic heterocycles. The minimum Gasteiger partial charge on any atom is -0.376 e. The number of hydrogen-bond acceptors (Lipinski definition) is 5. The number of carbonyl (C=O) groups is 1. The van der Waals surface area contributed by atoms with Crippen LogP contribution < -0.4 is 10.2 Å². The van der Waals surface area contributed by atoms with Gasteiger partial charge in [0.2, 0.25) is 0 Å². The van der Waals surface area contributed by atoms with E-state index in [1.807, 2.05) is 4.90 Å². The highest BCUT2D eigenvalue weighted by atomic mass is 16.5. The van der Waals surface area contributed by atoms with Gasteiger partial charge in [-0.25, -0.2) is 9.78 Å². The van der Waals surface area contributed by atoms with Crippen molar-refractivity contribution in [2.75, 3.05) is 44.2 Å². The van der Waals surface area contributed by atoms with Gasteiger partial charge in [0.1, 0.15) is 5.82 Å². The van der Waals surface area contributed by atoms with Gasteiger partial charge in [0.25, 0.3) is 0 Å². The summed E-state index contributed by atoms with van der Waals surface area (Å²) in [5.74, 6) is 1.51. The molecule has 1 aliphatic heterocycles. The van der Waals surface area contributed by atoms with Crippen molar-refractivity contribution in [2.45, 2.75) is 38.7 Å². The fourth-order valence-electron chi connectivity index (χ4n) is 3.60. The molecule has 0 spiro atoms. The number of urea groups is 1. The predicted octanol–water partition coefficient (Wildman–Crippen LogP) is 1.90. The third-order valence-electron chi connectivity index (χ3n) is 5.18. The topological polar surface area (TPSA) is 70.6 Å². The lowest BCUT2D eigenvalue weighted by Crippen LogP contribution is -2.52. The molecule has 7 nitrogen and oxygen atoms in total. The van der Waals surface area contributed by atoms with Crippen molar-refractivity contribution in [1.82, 2.24) is 20.2 Å². The molecule has 3 rings (SSSR count). The molecule has 138 valence electrons. The summed E-state index contributed by atoms with van der Waals surface area (Å²) in [5, 5.41) is 2.98. The number of anilines is 1. The van der Waals surface area contributed by atoms with Crippen molar-refractivity contribution in [1.29, 1.82) is 0 Å². The van der Waals surface area contributed by atoms with E-state index in [2.05, 4.69) is 27.1 Å². The Labute approximate surface area is 149 Å². The Morgan fingerprint density at radius 1 is 1.24 bits per heavy atom. The third kappa shape index (κ3) is 5.04. The average Bonchev–Trinajstić information content (AvgIpc) is 2.67. The molecule has 1 aliphatic carbocycles. The first-order valence-electron chi connectivity index (χ1n) is 9.39. The Morgan fingerprint density at radius 3 is 2.76 bits per heavy atom. The van der Waals surface area contributed by atoms with Crippen LogP contribution in [-0.4, -0.2) is 66.3 Å². The molecular formula is C18H29N5O2. The van der Waals surface area contributed by atoms with E-state index >= 15 is 0 Å². The van der Waals surface area contributed by atoms with Crippen molar-refractivity contribution in [3.8, 4) is 0 Å². The number of nitrogens with one attached hydrogen (secondary N) is 1. The van der Waals surface area contributed by atoms with Crippen LogP contribution in [0, 0.1) is 5.92 Å². The average molecular weight is 347 g/mol. The number of piperazine rings is 1. The van der Waals surface area contributed by atoms with E-state index in [-0.39, 0.29) is 6.03 Å². The summed E-state index contributed by atoms with van der Waals surface area (Å²) in [6, 6.07) is -0.000844. The zero-order valence-electron chi connectivity index (χ0n) is 15.1. The largest absolute Gasteiger partial charge is 0.376 e. The second-order valence-electron chi connectivity index (χ2n) is 6.94. The molecule has 25 heavy (non-hydrogen) atoms. The smallest absolute Gasteiger partial charge is 0.317 e. The SMILES string of the molecule is C[C@@H]1CCCC[C@H]1OCCNC(=O)N1CCN(c2cnccn2)CC1. The molecule has 0 bridgehead atoms. The fourth-order valence-corrected chi connectivity index (χ4v) is 3.60. The minimum absolute atomic E-state index is 0.000844. The Bertz CT molecular complexity index is 534. The van der Waals surface area contributed by atoms with Crippen LogP contribution in [0.2, 0.25) is 0 Å². The fraction of sp³-hybridized carbons (Fsp3) is 0.722. The first-order chi connectivity index (χ1) is 12.2. The van der Waals surface area contributed by atoms with Crippen LogP contribution in [0.3, 0.4) is 0 Å². The molecule has 0 radical (unpaired) electrons. The second kappa shape index (κ2) is 8.99. The monoisotopic (exact) mass is 347 g/mol. The van der Waals surface area contributed by atoms with Gasteiger partial charge in [-0.15, -0.1) is 0 Å². The van der Waals surface area contributed by atoms with E-state index in [1.165, 1.54) is 19.3 Å². The molecule has 2 amide bonds. The minimum atomic E-state index is -0.000844. The van der Waals surface area contributed by atoms with Crippen LogP contribution in [-0.2, 0) is 4.74 Å². The quantitative estimate of drug-likeness (QED) is 0.824. The van der Waals surface area contributed by atoms with Gasteiger partial charge in [0.15, 0.2) is 0 Å². The maximum atomic E-state index is 12.3. The molecule has 1 N–H and O–H groups in total. The van der Waals surface area contributed by atoms with Gasteiger partial charge < -0.3 is 19.9 Å². The van der Waals surface area contributed by atoms with Crippen LogP contribution in [0.15, 0.2) is 18.6 Å². The molecule has 1 saturated carbocycles. The van der Waals surface area contributed by atoms with Gasteiger partial charge in [-0.2, -0.15) is 0 Å². The van der Waals surface area contributed by atoms with E-state index in [0.717, 1.165) is 25.3 Å². The standard InChI is InChI=1S/C18H29N5O2/c1-15-4-2-3-5-16(15)25-13-8-21-18(24)23-11-9-22(10-12-23)17-14-19-6-7-20-17/h6-7,14-16H,2-5,8-13H2,1H3,(H,21,24)/t15-,16-/m1/s1. The zero-order chi connectivity index (χ0) is 17.5. The van der Waals surface area contributed by atoms with Crippen molar-refractivity contribution >= 4 is 11.8 Å². The first kappa shape index (κ1) is 17.9. The molecule has 0 unspecified atom stereocenters. The van der Waals surface area contributed by atoms with Gasteiger partial charge in [-0.3, -0.25) is 4.98 Å². The van der Waals surface area contributed by atoms with Crippen LogP contribution in [0.5, 0.6) is 0 Å². The second-order valence-corrected chi connectivity index (χ2v) is 6.94. The van der Waals surface area contributed by atoms with Crippen molar-refractivity contribution in [3.05, 3.63) is 18.6 Å². The van der Waals surface area contributed by atoms with E-state index in [1.54, 1.807) is 18.6 Å². The maximum Gasteiger partial charge on any atom is 0.317 e. The lowest BCUT2D eigenvalue weighted by molar-refractivity contribution is -0.00272. The molecule has 2 heterocycles. The number of amides is 2. The van der Waals surface area contributed by atoms with Gasteiger partial charge in [-0.05, 0) is 18.8 Å². The Morgan fingerprint density at radius 2 is 2.04 bits per heavy atom. The zero-order valence-corrected chi connectivity index (χ0v) is 15.1. The summed E-state index contributed by atoms with van der Waals surface area (Å²) in [5.41, 5.74) is 0. The van der Waals surface area contributed by atoms with E-state index in [9.17, 15) is 4.79 Å². The van der Waals surface area contributed by atoms with Gasteiger partial charge in [0, 0.05) is 45.1 Å². The predicted molar refractivity (Wildman–Crippen MR) is 96.6 cm³/mol. The van der Waals surface area contributed by atoms with Crippen LogP contribution in [0.4, 0.5) is 10.6 Å². The molecule has 2 atom stereocenters. The normalized spacial score (nSPS) is 24.2. The van der Waals surface area contributed by atoms with Crippen LogP contribution in [0.25, 0.3) is 0 Å². The molecule has 1 saturated heterocycles. The molecular weight excluding hydrogens is 318 g/mol. The molecule has 2 fully saturated rings. The number of hydrogen-bond donors (Lipinski definition) is 1. The lowest BCUT2D eigenvalue weighted by Gasteiger charge is -2.35. The maximum absolute atomic E-state index is 12.3. The van der Waals surface area contributed by atoms with Gasteiger partial charge in [0.05, 0.1) is 18.9 Å². The summed E-state index contributed by atoms with van der Waals surface area (Å²) in [7, 11) is 0. The molecule has 1 aromatic rings.